The fraction of sp³-hybridized carbons (Fsp3) is 0.0667. The SMILES string of the molecule is O=C(COc1ccc(Cl)cc1Br)N/N=C/c1ccc(O)cc1O. The molecule has 0 spiro atoms. The Morgan fingerprint density at radius 1 is 1.30 bits per heavy atom. The molecule has 0 aliphatic heterocycles. The van der Waals surface area contributed by atoms with E-state index in [0.717, 1.165) is 0 Å². The number of phenols is 2. The molecular weight excluding hydrogens is 388 g/mol. The van der Waals surface area contributed by atoms with E-state index in [1.807, 2.05) is 0 Å². The third-order valence-corrected chi connectivity index (χ3v) is 3.51. The highest BCUT2D eigenvalue weighted by Gasteiger charge is 2.06. The molecule has 0 atom stereocenters. The molecule has 2 rings (SSSR count). The summed E-state index contributed by atoms with van der Waals surface area (Å²) in [5, 5.41) is 23.0. The van der Waals surface area contributed by atoms with Crippen molar-refractivity contribution in [3.63, 3.8) is 0 Å². The second-order valence-corrected chi connectivity index (χ2v) is 5.69. The molecule has 0 unspecified atom stereocenters. The van der Waals surface area contributed by atoms with Gasteiger partial charge in [-0.3, -0.25) is 4.79 Å². The summed E-state index contributed by atoms with van der Waals surface area (Å²) in [7, 11) is 0. The number of rotatable bonds is 5. The van der Waals surface area contributed by atoms with Crippen molar-refractivity contribution in [2.24, 2.45) is 5.10 Å². The summed E-state index contributed by atoms with van der Waals surface area (Å²) in [5.41, 5.74) is 2.62. The Labute approximate surface area is 145 Å². The summed E-state index contributed by atoms with van der Waals surface area (Å²) in [6.45, 7) is -0.237. The van der Waals surface area contributed by atoms with Gasteiger partial charge >= 0.3 is 0 Å². The van der Waals surface area contributed by atoms with Crippen LogP contribution in [0.15, 0.2) is 46.0 Å². The summed E-state index contributed by atoms with van der Waals surface area (Å²) < 4.78 is 5.96. The Hall–Kier alpha value is -2.25. The van der Waals surface area contributed by atoms with Crippen LogP contribution >= 0.6 is 27.5 Å². The lowest BCUT2D eigenvalue weighted by Crippen LogP contribution is -2.24. The van der Waals surface area contributed by atoms with E-state index in [4.69, 9.17) is 21.4 Å². The van der Waals surface area contributed by atoms with Gasteiger partial charge in [-0.15, -0.1) is 0 Å². The maximum absolute atomic E-state index is 11.6. The molecule has 23 heavy (non-hydrogen) atoms. The average molecular weight is 400 g/mol. The maximum Gasteiger partial charge on any atom is 0.277 e. The van der Waals surface area contributed by atoms with Crippen LogP contribution in [0.4, 0.5) is 0 Å². The third kappa shape index (κ3) is 5.15. The van der Waals surface area contributed by atoms with E-state index in [1.54, 1.807) is 18.2 Å². The Kier molecular flexibility index (Phi) is 5.84. The molecule has 0 aliphatic rings. The van der Waals surface area contributed by atoms with E-state index in [-0.39, 0.29) is 18.1 Å². The summed E-state index contributed by atoms with van der Waals surface area (Å²) in [6.07, 6.45) is 1.25. The minimum atomic E-state index is -0.471. The van der Waals surface area contributed by atoms with Crippen molar-refractivity contribution < 1.29 is 19.7 Å². The van der Waals surface area contributed by atoms with Gasteiger partial charge in [0.05, 0.1) is 10.7 Å². The molecular formula is C15H12BrClN2O4. The first kappa shape index (κ1) is 17.1. The van der Waals surface area contributed by atoms with Crippen LogP contribution in [-0.4, -0.2) is 28.9 Å². The molecule has 0 aromatic heterocycles. The van der Waals surface area contributed by atoms with Crippen molar-refractivity contribution >= 4 is 39.7 Å². The third-order valence-electron chi connectivity index (χ3n) is 2.66. The molecule has 0 aliphatic carbocycles. The highest BCUT2D eigenvalue weighted by atomic mass is 79.9. The second kappa shape index (κ2) is 7.85. The first-order valence-corrected chi connectivity index (χ1v) is 7.54. The number of carbonyl (C=O) groups is 1. The number of phenolic OH excluding ortho intramolecular Hbond substituents is 2. The van der Waals surface area contributed by atoms with Gasteiger partial charge in [0.15, 0.2) is 6.61 Å². The number of nitrogens with zero attached hydrogens (tertiary/aromatic N) is 1. The van der Waals surface area contributed by atoms with E-state index in [0.29, 0.717) is 20.8 Å². The van der Waals surface area contributed by atoms with Crippen LogP contribution in [0.25, 0.3) is 0 Å². The van der Waals surface area contributed by atoms with E-state index >= 15 is 0 Å². The molecule has 120 valence electrons. The molecule has 1 amide bonds. The maximum atomic E-state index is 11.6. The number of aromatic hydroxyl groups is 2. The quantitative estimate of drug-likeness (QED) is 0.532. The zero-order valence-electron chi connectivity index (χ0n) is 11.7. The largest absolute Gasteiger partial charge is 0.508 e. The van der Waals surface area contributed by atoms with Crippen molar-refractivity contribution in [2.75, 3.05) is 6.61 Å². The van der Waals surface area contributed by atoms with Crippen LogP contribution in [-0.2, 0) is 4.79 Å². The van der Waals surface area contributed by atoms with E-state index in [2.05, 4.69) is 26.5 Å². The molecule has 0 fully saturated rings. The minimum Gasteiger partial charge on any atom is -0.508 e. The zero-order chi connectivity index (χ0) is 16.8. The Bertz CT molecular complexity index is 752. The molecule has 6 nitrogen and oxygen atoms in total. The number of amides is 1. The van der Waals surface area contributed by atoms with Crippen LogP contribution in [0.3, 0.4) is 0 Å². The van der Waals surface area contributed by atoms with Crippen LogP contribution in [0.1, 0.15) is 5.56 Å². The van der Waals surface area contributed by atoms with Gasteiger partial charge in [-0.2, -0.15) is 5.10 Å². The molecule has 0 heterocycles. The standard InChI is InChI=1S/C15H12BrClN2O4/c16-12-5-10(17)2-4-14(12)23-8-15(22)19-18-7-9-1-3-11(20)6-13(9)21/h1-7,20-21H,8H2,(H,19,22)/b18-7+. The first-order chi connectivity index (χ1) is 11.0. The van der Waals surface area contributed by atoms with E-state index in [1.165, 1.54) is 24.4 Å². The number of hydrogen-bond donors (Lipinski definition) is 3. The molecule has 3 N–H and O–H groups in total. The topological polar surface area (TPSA) is 91.2 Å². The van der Waals surface area contributed by atoms with Gasteiger partial charge in [0, 0.05) is 16.7 Å². The normalized spacial score (nSPS) is 10.7. The van der Waals surface area contributed by atoms with Crippen LogP contribution in [0.2, 0.25) is 5.02 Å². The van der Waals surface area contributed by atoms with Gasteiger partial charge < -0.3 is 14.9 Å². The average Bonchev–Trinajstić information content (AvgIpc) is 2.48. The van der Waals surface area contributed by atoms with Gasteiger partial charge in [-0.1, -0.05) is 11.6 Å². The molecule has 8 heteroatoms. The lowest BCUT2D eigenvalue weighted by molar-refractivity contribution is -0.123. The van der Waals surface area contributed by atoms with Gasteiger partial charge in [-0.25, -0.2) is 5.43 Å². The Morgan fingerprint density at radius 3 is 2.78 bits per heavy atom. The molecule has 0 saturated carbocycles. The molecule has 0 bridgehead atoms. The molecule has 2 aromatic rings. The number of halogens is 2. The summed E-state index contributed by atoms with van der Waals surface area (Å²) >= 11 is 9.08. The fourth-order valence-electron chi connectivity index (χ4n) is 1.58. The molecule has 0 radical (unpaired) electrons. The summed E-state index contributed by atoms with van der Waals surface area (Å²) in [4.78, 5) is 11.6. The number of ether oxygens (including phenoxy) is 1. The van der Waals surface area contributed by atoms with Crippen molar-refractivity contribution in [2.45, 2.75) is 0 Å². The number of hydrogen-bond acceptors (Lipinski definition) is 5. The highest BCUT2D eigenvalue weighted by molar-refractivity contribution is 9.10. The van der Waals surface area contributed by atoms with Crippen molar-refractivity contribution in [1.29, 1.82) is 0 Å². The van der Waals surface area contributed by atoms with Crippen LogP contribution in [0.5, 0.6) is 17.2 Å². The molecule has 0 saturated heterocycles. The monoisotopic (exact) mass is 398 g/mol. The number of benzene rings is 2. The van der Waals surface area contributed by atoms with Crippen LogP contribution < -0.4 is 10.2 Å². The number of hydrazone groups is 1. The van der Waals surface area contributed by atoms with Gasteiger partial charge in [-0.05, 0) is 46.3 Å². The van der Waals surface area contributed by atoms with Gasteiger partial charge in [0.1, 0.15) is 17.2 Å². The zero-order valence-corrected chi connectivity index (χ0v) is 14.0. The first-order valence-electron chi connectivity index (χ1n) is 6.37. The number of nitrogens with one attached hydrogen (secondary N) is 1. The Morgan fingerprint density at radius 2 is 2.09 bits per heavy atom. The Balaban J connectivity index is 1.86. The summed E-state index contributed by atoms with van der Waals surface area (Å²) in [5.74, 6) is -0.207. The summed E-state index contributed by atoms with van der Waals surface area (Å²) in [6, 6.07) is 8.96. The predicted octanol–water partition coefficient (Wildman–Crippen LogP) is 3.04. The van der Waals surface area contributed by atoms with E-state index < -0.39 is 5.91 Å². The van der Waals surface area contributed by atoms with Crippen LogP contribution in [0, 0.1) is 0 Å². The lowest BCUT2D eigenvalue weighted by Gasteiger charge is -2.07. The number of carbonyl (C=O) groups excluding carboxylic acids is 1. The fourth-order valence-corrected chi connectivity index (χ4v) is 2.38. The molecule has 2 aromatic carbocycles. The minimum absolute atomic E-state index is 0.0642. The predicted molar refractivity (Wildman–Crippen MR) is 90.2 cm³/mol. The highest BCUT2D eigenvalue weighted by Crippen LogP contribution is 2.27. The van der Waals surface area contributed by atoms with E-state index in [9.17, 15) is 9.90 Å². The lowest BCUT2D eigenvalue weighted by atomic mass is 10.2. The van der Waals surface area contributed by atoms with Crippen molar-refractivity contribution in [3.05, 3.63) is 51.5 Å². The van der Waals surface area contributed by atoms with Gasteiger partial charge in [0.25, 0.3) is 5.91 Å². The second-order valence-electron chi connectivity index (χ2n) is 4.40. The van der Waals surface area contributed by atoms with Crippen molar-refractivity contribution in [1.82, 2.24) is 5.43 Å². The van der Waals surface area contributed by atoms with Gasteiger partial charge in [0.2, 0.25) is 0 Å². The van der Waals surface area contributed by atoms with Crippen molar-refractivity contribution in [3.8, 4) is 17.2 Å². The smallest absolute Gasteiger partial charge is 0.277 e.